The molecule has 5 heteroatoms. The summed E-state index contributed by atoms with van der Waals surface area (Å²) in [5, 5.41) is 0. The minimum Gasteiger partial charge on any atom is -0.398 e. The smallest absolute Gasteiger partial charge is 0.277 e. The van der Waals surface area contributed by atoms with Crippen molar-refractivity contribution in [3.05, 3.63) is 65.0 Å². The monoisotopic (exact) mass is 334 g/mol. The highest BCUT2D eigenvalue weighted by Gasteiger charge is 2.21. The van der Waals surface area contributed by atoms with Gasteiger partial charge in [0.05, 0.1) is 5.71 Å². The summed E-state index contributed by atoms with van der Waals surface area (Å²) >= 11 is 0. The van der Waals surface area contributed by atoms with Crippen LogP contribution in [0.2, 0.25) is 0 Å². The van der Waals surface area contributed by atoms with Crippen molar-refractivity contribution in [2.45, 2.75) is 6.42 Å². The number of hydrogen-bond donors (Lipinski definition) is 1. The molecule has 0 fully saturated rings. The summed E-state index contributed by atoms with van der Waals surface area (Å²) in [6.07, 6.45) is 0.485. The zero-order valence-electron chi connectivity index (χ0n) is 10.5. The number of carbonyl (C=O) groups is 1. The lowest BCUT2D eigenvalue weighted by molar-refractivity contribution is 0.100. The summed E-state index contributed by atoms with van der Waals surface area (Å²) in [6, 6.07) is 11.2. The van der Waals surface area contributed by atoms with Crippen molar-refractivity contribution in [1.29, 1.82) is 0 Å². The predicted molar refractivity (Wildman–Crippen MR) is 82.1 cm³/mol. The first kappa shape index (κ1) is 14.4. The molecule has 0 aromatic heterocycles. The molecule has 3 rings (SSSR count). The number of nitrogens with two attached hydrogens (primary N) is 1. The third-order valence-corrected chi connectivity index (χ3v) is 3.20. The lowest BCUT2D eigenvalue weighted by Crippen LogP contribution is -2.18. The van der Waals surface area contributed by atoms with Gasteiger partial charge in [-0.05, 0) is 35.4 Å². The number of anilines is 1. The standard InChI is InChI=1S/C15H11FN2O.BrH/c16-10-6-4-9(5-7-10)14-8-12-11(15(19)18-14)2-1-3-13(12)17;/h1-7H,8,17H2;1H. The number of carbonyl (C=O) groups excluding carboxylic acids is 1. The van der Waals surface area contributed by atoms with Gasteiger partial charge in [-0.25, -0.2) is 9.38 Å². The molecule has 0 bridgehead atoms. The van der Waals surface area contributed by atoms with Crippen molar-refractivity contribution >= 4 is 34.3 Å². The number of halogens is 2. The van der Waals surface area contributed by atoms with Crippen LogP contribution in [-0.2, 0) is 6.42 Å². The Bertz CT molecular complexity index is 696. The van der Waals surface area contributed by atoms with E-state index in [1.54, 1.807) is 30.3 Å². The maximum atomic E-state index is 12.9. The molecular weight excluding hydrogens is 323 g/mol. The number of amides is 1. The number of nitrogens with zero attached hydrogens (tertiary/aromatic N) is 1. The van der Waals surface area contributed by atoms with Crippen LogP contribution in [0.15, 0.2) is 47.5 Å². The molecule has 2 N–H and O–H groups in total. The van der Waals surface area contributed by atoms with Gasteiger partial charge < -0.3 is 5.73 Å². The van der Waals surface area contributed by atoms with Gasteiger partial charge in [0.25, 0.3) is 5.91 Å². The Morgan fingerprint density at radius 3 is 2.50 bits per heavy atom. The van der Waals surface area contributed by atoms with Gasteiger partial charge in [0, 0.05) is 17.7 Å². The zero-order valence-corrected chi connectivity index (χ0v) is 12.2. The third kappa shape index (κ3) is 2.49. The highest BCUT2D eigenvalue weighted by atomic mass is 79.9. The molecule has 102 valence electrons. The topological polar surface area (TPSA) is 55.4 Å². The van der Waals surface area contributed by atoms with Gasteiger partial charge in [-0.15, -0.1) is 17.0 Å². The minimum atomic E-state index is -0.314. The van der Waals surface area contributed by atoms with Gasteiger partial charge in [0.2, 0.25) is 0 Å². The van der Waals surface area contributed by atoms with E-state index in [4.69, 9.17) is 5.73 Å². The van der Waals surface area contributed by atoms with Crippen LogP contribution in [0.1, 0.15) is 21.5 Å². The molecule has 0 aliphatic carbocycles. The van der Waals surface area contributed by atoms with Crippen molar-refractivity contribution in [1.82, 2.24) is 0 Å². The van der Waals surface area contributed by atoms with Gasteiger partial charge in [0.1, 0.15) is 5.82 Å². The Hall–Kier alpha value is -2.01. The second kappa shape index (κ2) is 5.54. The molecule has 0 saturated heterocycles. The molecule has 0 radical (unpaired) electrons. The molecule has 1 aliphatic heterocycles. The van der Waals surface area contributed by atoms with Gasteiger partial charge in [-0.3, -0.25) is 4.79 Å². The summed E-state index contributed by atoms with van der Waals surface area (Å²) < 4.78 is 12.9. The van der Waals surface area contributed by atoms with E-state index >= 15 is 0 Å². The minimum absolute atomic E-state index is 0. The van der Waals surface area contributed by atoms with E-state index in [1.807, 2.05) is 0 Å². The van der Waals surface area contributed by atoms with E-state index in [2.05, 4.69) is 4.99 Å². The summed E-state index contributed by atoms with van der Waals surface area (Å²) in [4.78, 5) is 16.0. The van der Waals surface area contributed by atoms with Gasteiger partial charge >= 0.3 is 0 Å². The SMILES string of the molecule is Br.Nc1cccc2c1CC(c1ccc(F)cc1)=NC2=O. The lowest BCUT2D eigenvalue weighted by Gasteiger charge is -2.17. The first-order valence-corrected chi connectivity index (χ1v) is 5.90. The van der Waals surface area contributed by atoms with Crippen LogP contribution in [0, 0.1) is 5.82 Å². The predicted octanol–water partition coefficient (Wildman–Crippen LogP) is 3.17. The van der Waals surface area contributed by atoms with Crippen LogP contribution in [0.4, 0.5) is 10.1 Å². The molecule has 0 spiro atoms. The van der Waals surface area contributed by atoms with Crippen molar-refractivity contribution < 1.29 is 9.18 Å². The van der Waals surface area contributed by atoms with Crippen molar-refractivity contribution in [3.63, 3.8) is 0 Å². The Balaban J connectivity index is 0.00000147. The van der Waals surface area contributed by atoms with E-state index < -0.39 is 0 Å². The molecule has 3 nitrogen and oxygen atoms in total. The first-order chi connectivity index (χ1) is 9.15. The van der Waals surface area contributed by atoms with Crippen molar-refractivity contribution in [3.8, 4) is 0 Å². The number of benzene rings is 2. The van der Waals surface area contributed by atoms with E-state index in [0.717, 1.165) is 11.1 Å². The molecule has 1 amide bonds. The maximum absolute atomic E-state index is 12.9. The second-order valence-corrected chi connectivity index (χ2v) is 4.42. The highest BCUT2D eigenvalue weighted by Crippen LogP contribution is 2.24. The van der Waals surface area contributed by atoms with Crippen LogP contribution in [0.3, 0.4) is 0 Å². The van der Waals surface area contributed by atoms with Gasteiger partial charge in [0.15, 0.2) is 0 Å². The fourth-order valence-electron chi connectivity index (χ4n) is 2.20. The summed E-state index contributed by atoms with van der Waals surface area (Å²) in [5.41, 5.74) is 9.19. The van der Waals surface area contributed by atoms with E-state index in [1.165, 1.54) is 12.1 Å². The Morgan fingerprint density at radius 1 is 1.10 bits per heavy atom. The molecule has 1 aliphatic rings. The fraction of sp³-hybridized carbons (Fsp3) is 0.0667. The molecule has 0 unspecified atom stereocenters. The number of rotatable bonds is 1. The fourth-order valence-corrected chi connectivity index (χ4v) is 2.20. The second-order valence-electron chi connectivity index (χ2n) is 4.42. The Morgan fingerprint density at radius 2 is 1.80 bits per heavy atom. The number of aliphatic imine (C=N–C) groups is 1. The molecule has 1 heterocycles. The Kier molecular flexibility index (Phi) is 3.99. The van der Waals surface area contributed by atoms with Crippen molar-refractivity contribution in [2.24, 2.45) is 4.99 Å². The van der Waals surface area contributed by atoms with Gasteiger partial charge in [-0.2, -0.15) is 0 Å². The summed E-state index contributed by atoms with van der Waals surface area (Å²) in [5.74, 6) is -0.612. The van der Waals surface area contributed by atoms with E-state index in [-0.39, 0.29) is 28.7 Å². The first-order valence-electron chi connectivity index (χ1n) is 5.90. The molecule has 0 atom stereocenters. The normalized spacial score (nSPS) is 13.2. The largest absolute Gasteiger partial charge is 0.398 e. The molecular formula is C15H12BrFN2O. The molecule has 2 aromatic carbocycles. The maximum Gasteiger partial charge on any atom is 0.277 e. The van der Waals surface area contributed by atoms with Crippen LogP contribution in [-0.4, -0.2) is 11.6 Å². The average Bonchev–Trinajstić information content (AvgIpc) is 2.41. The number of fused-ring (bicyclic) bond motifs is 1. The van der Waals surface area contributed by atoms with Crippen molar-refractivity contribution in [2.75, 3.05) is 5.73 Å². The molecule has 20 heavy (non-hydrogen) atoms. The van der Waals surface area contributed by atoms with Crippen LogP contribution in [0.5, 0.6) is 0 Å². The zero-order chi connectivity index (χ0) is 13.4. The lowest BCUT2D eigenvalue weighted by atomic mass is 9.93. The number of nitrogen functional groups attached to an aromatic ring is 1. The van der Waals surface area contributed by atoms with Crippen LogP contribution < -0.4 is 5.73 Å². The highest BCUT2D eigenvalue weighted by molar-refractivity contribution is 8.93. The molecule has 2 aromatic rings. The molecule has 0 saturated carbocycles. The Labute approximate surface area is 126 Å². The number of hydrogen-bond acceptors (Lipinski definition) is 2. The summed E-state index contributed by atoms with van der Waals surface area (Å²) in [7, 11) is 0. The third-order valence-electron chi connectivity index (χ3n) is 3.20. The van der Waals surface area contributed by atoms with Gasteiger partial charge in [-0.1, -0.05) is 18.2 Å². The quantitative estimate of drug-likeness (QED) is 0.814. The van der Waals surface area contributed by atoms with E-state index in [0.29, 0.717) is 23.4 Å². The van der Waals surface area contributed by atoms with Crippen LogP contribution in [0.25, 0.3) is 0 Å². The summed E-state index contributed by atoms with van der Waals surface area (Å²) in [6.45, 7) is 0. The van der Waals surface area contributed by atoms with Crippen LogP contribution >= 0.6 is 17.0 Å². The van der Waals surface area contributed by atoms with E-state index in [9.17, 15) is 9.18 Å². The average molecular weight is 335 g/mol.